The Morgan fingerprint density at radius 3 is 2.38 bits per heavy atom. The maximum atomic E-state index is 13.4. The summed E-state index contributed by atoms with van der Waals surface area (Å²) in [5, 5.41) is 2.75. The van der Waals surface area contributed by atoms with E-state index >= 15 is 0 Å². The molecule has 34 heavy (non-hydrogen) atoms. The number of urea groups is 1. The van der Waals surface area contributed by atoms with Gasteiger partial charge in [0.05, 0.1) is 31.9 Å². The predicted molar refractivity (Wildman–Crippen MR) is 125 cm³/mol. The first kappa shape index (κ1) is 23.3. The van der Waals surface area contributed by atoms with Crippen LogP contribution in [0, 0.1) is 0 Å². The zero-order valence-corrected chi connectivity index (χ0v) is 19.2. The van der Waals surface area contributed by atoms with Gasteiger partial charge in [-0.3, -0.25) is 9.59 Å². The van der Waals surface area contributed by atoms with Gasteiger partial charge in [0, 0.05) is 17.8 Å². The molecule has 1 aliphatic carbocycles. The highest BCUT2D eigenvalue weighted by Crippen LogP contribution is 2.35. The SMILES string of the molecule is COC(=O)c1ccc(NC(=O)C[C@@H]2C(=O)N(c3cccc(OC)c3)C(=O)N2C2CCCC2)cc1. The molecule has 1 saturated carbocycles. The van der Waals surface area contributed by atoms with Gasteiger partial charge in [-0.1, -0.05) is 18.9 Å². The summed E-state index contributed by atoms with van der Waals surface area (Å²) in [5.74, 6) is -0.770. The molecule has 1 heterocycles. The molecule has 1 N–H and O–H groups in total. The number of benzene rings is 2. The van der Waals surface area contributed by atoms with E-state index in [1.54, 1.807) is 53.4 Å². The third kappa shape index (κ3) is 4.59. The summed E-state index contributed by atoms with van der Waals surface area (Å²) in [4.78, 5) is 54.0. The van der Waals surface area contributed by atoms with E-state index in [0.717, 1.165) is 30.6 Å². The van der Waals surface area contributed by atoms with Crippen molar-refractivity contribution in [2.24, 2.45) is 0 Å². The Bertz CT molecular complexity index is 1090. The summed E-state index contributed by atoms with van der Waals surface area (Å²) in [6.45, 7) is 0. The Morgan fingerprint density at radius 2 is 1.74 bits per heavy atom. The van der Waals surface area contributed by atoms with Crippen LogP contribution in [0.3, 0.4) is 0 Å². The highest BCUT2D eigenvalue weighted by molar-refractivity contribution is 6.22. The summed E-state index contributed by atoms with van der Waals surface area (Å²) in [6, 6.07) is 11.6. The fourth-order valence-electron chi connectivity index (χ4n) is 4.57. The minimum absolute atomic E-state index is 0.0794. The Balaban J connectivity index is 1.54. The zero-order valence-electron chi connectivity index (χ0n) is 19.2. The van der Waals surface area contributed by atoms with Gasteiger partial charge in [-0.15, -0.1) is 0 Å². The molecule has 4 amide bonds. The molecule has 1 atom stereocenters. The number of ether oxygens (including phenoxy) is 2. The quantitative estimate of drug-likeness (QED) is 0.495. The van der Waals surface area contributed by atoms with Crippen LogP contribution in [0.25, 0.3) is 0 Å². The maximum Gasteiger partial charge on any atom is 0.337 e. The molecule has 2 aromatic carbocycles. The molecule has 1 aliphatic heterocycles. The lowest BCUT2D eigenvalue weighted by Crippen LogP contribution is -2.43. The molecule has 2 aromatic rings. The van der Waals surface area contributed by atoms with E-state index in [0.29, 0.717) is 22.7 Å². The third-order valence-corrected chi connectivity index (χ3v) is 6.25. The van der Waals surface area contributed by atoms with E-state index in [9.17, 15) is 19.2 Å². The lowest BCUT2D eigenvalue weighted by atomic mass is 10.1. The molecule has 0 unspecified atom stereocenters. The van der Waals surface area contributed by atoms with Crippen LogP contribution in [-0.4, -0.2) is 55.0 Å². The van der Waals surface area contributed by atoms with Crippen molar-refractivity contribution in [3.63, 3.8) is 0 Å². The van der Waals surface area contributed by atoms with Gasteiger partial charge in [0.15, 0.2) is 0 Å². The molecule has 4 rings (SSSR count). The lowest BCUT2D eigenvalue weighted by Gasteiger charge is -2.27. The monoisotopic (exact) mass is 465 g/mol. The predicted octanol–water partition coefficient (Wildman–Crippen LogP) is 3.59. The number of amides is 4. The second-order valence-electron chi connectivity index (χ2n) is 8.34. The zero-order chi connectivity index (χ0) is 24.2. The minimum Gasteiger partial charge on any atom is -0.497 e. The smallest absolute Gasteiger partial charge is 0.337 e. The Morgan fingerprint density at radius 1 is 1.03 bits per heavy atom. The number of esters is 1. The number of anilines is 2. The average Bonchev–Trinajstić information content (AvgIpc) is 3.45. The van der Waals surface area contributed by atoms with Crippen molar-refractivity contribution in [1.82, 2.24) is 4.90 Å². The molecule has 9 heteroatoms. The van der Waals surface area contributed by atoms with Crippen LogP contribution in [-0.2, 0) is 14.3 Å². The van der Waals surface area contributed by atoms with E-state index in [-0.39, 0.29) is 12.5 Å². The van der Waals surface area contributed by atoms with Gasteiger partial charge in [0.2, 0.25) is 5.91 Å². The molecule has 178 valence electrons. The number of imide groups is 1. The van der Waals surface area contributed by atoms with E-state index in [1.165, 1.54) is 14.2 Å². The van der Waals surface area contributed by atoms with Gasteiger partial charge >= 0.3 is 12.0 Å². The van der Waals surface area contributed by atoms with E-state index in [2.05, 4.69) is 10.1 Å². The van der Waals surface area contributed by atoms with Crippen LogP contribution < -0.4 is 15.0 Å². The molecule has 2 fully saturated rings. The van der Waals surface area contributed by atoms with Gasteiger partial charge < -0.3 is 19.7 Å². The fourth-order valence-corrected chi connectivity index (χ4v) is 4.57. The first-order valence-corrected chi connectivity index (χ1v) is 11.2. The third-order valence-electron chi connectivity index (χ3n) is 6.25. The van der Waals surface area contributed by atoms with Crippen LogP contribution in [0.15, 0.2) is 48.5 Å². The van der Waals surface area contributed by atoms with Crippen molar-refractivity contribution in [2.75, 3.05) is 24.4 Å². The number of hydrogen-bond acceptors (Lipinski definition) is 6. The molecule has 1 saturated heterocycles. The van der Waals surface area contributed by atoms with Crippen molar-refractivity contribution < 1.29 is 28.7 Å². The van der Waals surface area contributed by atoms with Crippen LogP contribution in [0.1, 0.15) is 42.5 Å². The topological polar surface area (TPSA) is 105 Å². The minimum atomic E-state index is -0.892. The molecule has 0 spiro atoms. The molecular weight excluding hydrogens is 438 g/mol. The van der Waals surface area contributed by atoms with Crippen LogP contribution in [0.4, 0.5) is 16.2 Å². The maximum absolute atomic E-state index is 13.4. The van der Waals surface area contributed by atoms with Crippen LogP contribution in [0.2, 0.25) is 0 Å². The number of carbonyl (C=O) groups is 4. The van der Waals surface area contributed by atoms with Gasteiger partial charge in [0.25, 0.3) is 5.91 Å². The number of rotatable bonds is 7. The van der Waals surface area contributed by atoms with Gasteiger partial charge in [0.1, 0.15) is 11.8 Å². The highest BCUT2D eigenvalue weighted by Gasteiger charge is 2.49. The van der Waals surface area contributed by atoms with Crippen molar-refractivity contribution >= 4 is 35.2 Å². The molecule has 0 aromatic heterocycles. The van der Waals surface area contributed by atoms with Crippen molar-refractivity contribution in [1.29, 1.82) is 0 Å². The molecular formula is C25H27N3O6. The Hall–Kier alpha value is -3.88. The number of hydrogen-bond donors (Lipinski definition) is 1. The lowest BCUT2D eigenvalue weighted by molar-refractivity contribution is -0.124. The number of carbonyl (C=O) groups excluding carboxylic acids is 4. The first-order chi connectivity index (χ1) is 16.4. The molecule has 0 bridgehead atoms. The summed E-state index contributed by atoms with van der Waals surface area (Å²) in [6.07, 6.45) is 3.40. The second-order valence-corrected chi connectivity index (χ2v) is 8.34. The summed E-state index contributed by atoms with van der Waals surface area (Å²) in [5.41, 5.74) is 1.25. The van der Waals surface area contributed by atoms with Crippen molar-refractivity contribution in [3.8, 4) is 5.75 Å². The number of methoxy groups -OCH3 is 2. The summed E-state index contributed by atoms with van der Waals surface area (Å²) in [7, 11) is 2.81. The number of nitrogens with one attached hydrogen (secondary N) is 1. The van der Waals surface area contributed by atoms with Crippen LogP contribution >= 0.6 is 0 Å². The standard InChI is InChI=1S/C25H27N3O6/c1-33-20-9-5-8-19(14-20)28-23(30)21(27(25(28)32)18-6-3-4-7-18)15-22(29)26-17-12-10-16(11-13-17)24(31)34-2/h5,8-14,18,21H,3-4,6-7,15H2,1-2H3,(H,26,29)/t21-/m1/s1. The summed E-state index contributed by atoms with van der Waals surface area (Å²) < 4.78 is 9.92. The van der Waals surface area contributed by atoms with Crippen molar-refractivity contribution in [2.45, 2.75) is 44.2 Å². The van der Waals surface area contributed by atoms with E-state index < -0.39 is 29.9 Å². The molecule has 2 aliphatic rings. The highest BCUT2D eigenvalue weighted by atomic mass is 16.5. The van der Waals surface area contributed by atoms with E-state index in [4.69, 9.17) is 4.74 Å². The Labute approximate surface area is 197 Å². The second kappa shape index (κ2) is 9.94. The summed E-state index contributed by atoms with van der Waals surface area (Å²) >= 11 is 0. The van der Waals surface area contributed by atoms with Gasteiger partial charge in [-0.05, 0) is 49.2 Å². The van der Waals surface area contributed by atoms with Crippen LogP contribution in [0.5, 0.6) is 5.75 Å². The first-order valence-electron chi connectivity index (χ1n) is 11.2. The average molecular weight is 466 g/mol. The molecule has 0 radical (unpaired) electrons. The number of nitrogens with zero attached hydrogens (tertiary/aromatic N) is 2. The fraction of sp³-hybridized carbons (Fsp3) is 0.360. The van der Waals surface area contributed by atoms with E-state index in [1.807, 2.05) is 0 Å². The molecule has 9 nitrogen and oxygen atoms in total. The normalized spacial score (nSPS) is 18.4. The largest absolute Gasteiger partial charge is 0.497 e. The Kier molecular flexibility index (Phi) is 6.81. The van der Waals surface area contributed by atoms with Crippen molar-refractivity contribution in [3.05, 3.63) is 54.1 Å². The van der Waals surface area contributed by atoms with Gasteiger partial charge in [-0.2, -0.15) is 0 Å². The van der Waals surface area contributed by atoms with Gasteiger partial charge in [-0.25, -0.2) is 14.5 Å².